The van der Waals surface area contributed by atoms with Crippen LogP contribution in [0.5, 0.6) is 5.75 Å². The highest BCUT2D eigenvalue weighted by molar-refractivity contribution is 7.54. The van der Waals surface area contributed by atoms with E-state index in [1.54, 1.807) is 24.3 Å². The van der Waals surface area contributed by atoms with Gasteiger partial charge in [-0.25, -0.2) is 0 Å². The van der Waals surface area contributed by atoms with Gasteiger partial charge in [-0.2, -0.15) is 0 Å². The molecule has 118 valence electrons. The van der Waals surface area contributed by atoms with Crippen molar-refractivity contribution in [2.45, 2.75) is 0 Å². The van der Waals surface area contributed by atoms with Gasteiger partial charge in [0, 0.05) is 19.2 Å². The summed E-state index contributed by atoms with van der Waals surface area (Å²) in [6.07, 6.45) is -0.310. The first-order valence-corrected chi connectivity index (χ1v) is 8.28. The summed E-state index contributed by atoms with van der Waals surface area (Å²) < 4.78 is 31.6. The summed E-state index contributed by atoms with van der Waals surface area (Å²) >= 11 is 5.81. The number of rotatable bonds is 10. The van der Waals surface area contributed by atoms with Gasteiger partial charge in [0.1, 0.15) is 25.1 Å². The predicted octanol–water partition coefficient (Wildman–Crippen LogP) is 2.79. The molecule has 8 heteroatoms. The average Bonchev–Trinajstić information content (AvgIpc) is 2.47. The lowest BCUT2D eigenvalue weighted by Crippen LogP contribution is -2.17. The monoisotopic (exact) mass is 336 g/mol. The summed E-state index contributed by atoms with van der Waals surface area (Å²) in [6.45, 7) is 0.331. The van der Waals surface area contributed by atoms with Gasteiger partial charge in [-0.15, -0.1) is 0 Å². The third-order valence-corrected chi connectivity index (χ3v) is 4.57. The van der Waals surface area contributed by atoms with Crippen LogP contribution < -0.4 is 4.74 Å². The van der Waals surface area contributed by atoms with Crippen LogP contribution in [0, 0.1) is 0 Å². The van der Waals surface area contributed by atoms with Crippen molar-refractivity contribution in [1.82, 2.24) is 0 Å². The van der Waals surface area contributed by atoms with Gasteiger partial charge in [0.2, 0.25) is 0 Å². The highest BCUT2D eigenvalue weighted by Crippen LogP contribution is 2.45. The Bertz CT molecular complexity index is 499. The number of ether oxygens (including phenoxy) is 2. The Morgan fingerprint density at radius 1 is 1.24 bits per heavy atom. The average molecular weight is 337 g/mol. The molecule has 0 aliphatic heterocycles. The molecular weight excluding hydrogens is 319 g/mol. The molecule has 0 N–H and O–H groups in total. The fraction of sp³-hybridized carbons (Fsp3) is 0.462. The zero-order valence-corrected chi connectivity index (χ0v) is 13.6. The summed E-state index contributed by atoms with van der Waals surface area (Å²) in [5.41, 5.74) is 0. The Hall–Kier alpha value is -0.910. The quantitative estimate of drug-likeness (QED) is 0.483. The van der Waals surface area contributed by atoms with Gasteiger partial charge in [-0.3, -0.25) is 9.36 Å². The van der Waals surface area contributed by atoms with Crippen molar-refractivity contribution in [3.05, 3.63) is 29.3 Å². The van der Waals surface area contributed by atoms with Crippen LogP contribution in [0.1, 0.15) is 0 Å². The minimum absolute atomic E-state index is 0.171. The zero-order valence-electron chi connectivity index (χ0n) is 11.9. The molecule has 1 aromatic rings. The smallest absolute Gasteiger partial charge is 0.337 e. The standard InChI is InChI=1S/C13H18ClO6P/c1-17-21(16,18-2)10-12(15)9-19-6-7-20-13-5-3-4-11(14)8-13/h3-5,8H,6-7,9-10H2,1-2H3. The fourth-order valence-electron chi connectivity index (χ4n) is 1.43. The summed E-state index contributed by atoms with van der Waals surface area (Å²) in [4.78, 5) is 11.5. The van der Waals surface area contributed by atoms with Crippen molar-refractivity contribution < 1.29 is 27.9 Å². The molecule has 0 unspecified atom stereocenters. The van der Waals surface area contributed by atoms with Crippen LogP contribution in [-0.4, -0.2) is 46.0 Å². The van der Waals surface area contributed by atoms with Gasteiger partial charge in [0.25, 0.3) is 0 Å². The summed E-state index contributed by atoms with van der Waals surface area (Å²) in [5, 5.41) is 0.582. The Morgan fingerprint density at radius 2 is 1.95 bits per heavy atom. The molecule has 0 fully saturated rings. The van der Waals surface area contributed by atoms with Crippen LogP contribution in [0.3, 0.4) is 0 Å². The SMILES string of the molecule is COP(=O)(CC(=O)COCCOc1cccc(Cl)c1)OC. The van der Waals surface area contributed by atoms with Crippen molar-refractivity contribution >= 4 is 25.0 Å². The van der Waals surface area contributed by atoms with E-state index < -0.39 is 7.60 Å². The van der Waals surface area contributed by atoms with Crippen LogP contribution >= 0.6 is 19.2 Å². The van der Waals surface area contributed by atoms with E-state index in [1.807, 2.05) is 0 Å². The first kappa shape index (κ1) is 18.1. The number of carbonyl (C=O) groups excluding carboxylic acids is 1. The second-order valence-electron chi connectivity index (χ2n) is 4.03. The maximum atomic E-state index is 11.7. The van der Waals surface area contributed by atoms with E-state index in [-0.39, 0.29) is 31.8 Å². The molecule has 0 spiro atoms. The third-order valence-electron chi connectivity index (χ3n) is 2.48. The summed E-state index contributed by atoms with van der Waals surface area (Å²) in [5.74, 6) is 0.269. The summed E-state index contributed by atoms with van der Waals surface area (Å²) in [6, 6.07) is 6.97. The Morgan fingerprint density at radius 3 is 2.57 bits per heavy atom. The number of benzene rings is 1. The maximum absolute atomic E-state index is 11.7. The van der Waals surface area contributed by atoms with Crippen LogP contribution in [-0.2, 0) is 23.1 Å². The second kappa shape index (κ2) is 9.18. The molecular formula is C13H18ClO6P. The molecule has 0 heterocycles. The van der Waals surface area contributed by atoms with Gasteiger partial charge < -0.3 is 18.5 Å². The van der Waals surface area contributed by atoms with E-state index in [0.29, 0.717) is 10.8 Å². The highest BCUT2D eigenvalue weighted by Gasteiger charge is 2.25. The van der Waals surface area contributed by atoms with Gasteiger partial charge in [0.05, 0.1) is 6.61 Å². The highest BCUT2D eigenvalue weighted by atomic mass is 35.5. The number of carbonyl (C=O) groups is 1. The van der Waals surface area contributed by atoms with Crippen molar-refractivity contribution in [3.63, 3.8) is 0 Å². The van der Waals surface area contributed by atoms with Gasteiger partial charge >= 0.3 is 7.60 Å². The molecule has 0 radical (unpaired) electrons. The predicted molar refractivity (Wildman–Crippen MR) is 79.3 cm³/mol. The maximum Gasteiger partial charge on any atom is 0.337 e. The first-order valence-electron chi connectivity index (χ1n) is 6.17. The van der Waals surface area contributed by atoms with Crippen molar-refractivity contribution in [2.75, 3.05) is 40.2 Å². The van der Waals surface area contributed by atoms with Crippen LogP contribution in [0.15, 0.2) is 24.3 Å². The lowest BCUT2D eigenvalue weighted by atomic mass is 10.3. The molecule has 21 heavy (non-hydrogen) atoms. The Labute approximate surface area is 128 Å². The van der Waals surface area contributed by atoms with Crippen LogP contribution in [0.4, 0.5) is 0 Å². The molecule has 0 saturated heterocycles. The van der Waals surface area contributed by atoms with Gasteiger partial charge in [0.15, 0.2) is 5.78 Å². The lowest BCUT2D eigenvalue weighted by molar-refractivity contribution is -0.121. The molecule has 6 nitrogen and oxygen atoms in total. The molecule has 0 bridgehead atoms. The van der Waals surface area contributed by atoms with E-state index in [2.05, 4.69) is 9.05 Å². The van der Waals surface area contributed by atoms with E-state index in [4.69, 9.17) is 21.1 Å². The van der Waals surface area contributed by atoms with E-state index in [1.165, 1.54) is 14.2 Å². The van der Waals surface area contributed by atoms with E-state index in [0.717, 1.165) is 0 Å². The Balaban J connectivity index is 2.19. The minimum Gasteiger partial charge on any atom is -0.491 e. The molecule has 0 saturated carbocycles. The number of halogens is 1. The van der Waals surface area contributed by atoms with Gasteiger partial charge in [-0.05, 0) is 18.2 Å². The van der Waals surface area contributed by atoms with Crippen molar-refractivity contribution in [2.24, 2.45) is 0 Å². The molecule has 1 rings (SSSR count). The minimum atomic E-state index is -3.32. The number of Topliss-reactive ketones (excluding diaryl/α,β-unsaturated/α-hetero) is 1. The number of hydrogen-bond acceptors (Lipinski definition) is 6. The molecule has 1 aromatic carbocycles. The van der Waals surface area contributed by atoms with Crippen LogP contribution in [0.25, 0.3) is 0 Å². The van der Waals surface area contributed by atoms with E-state index >= 15 is 0 Å². The fourth-order valence-corrected chi connectivity index (χ4v) is 2.54. The Kier molecular flexibility index (Phi) is 7.93. The largest absolute Gasteiger partial charge is 0.491 e. The van der Waals surface area contributed by atoms with Gasteiger partial charge in [-0.1, -0.05) is 17.7 Å². The normalized spacial score (nSPS) is 11.4. The molecule has 0 aliphatic rings. The second-order valence-corrected chi connectivity index (χ2v) is 6.74. The van der Waals surface area contributed by atoms with E-state index in [9.17, 15) is 9.36 Å². The first-order chi connectivity index (χ1) is 9.99. The third kappa shape index (κ3) is 7.07. The molecule has 0 aromatic heterocycles. The van der Waals surface area contributed by atoms with Crippen LogP contribution in [0.2, 0.25) is 5.02 Å². The zero-order chi connectivity index (χ0) is 15.7. The molecule has 0 aliphatic carbocycles. The lowest BCUT2D eigenvalue weighted by Gasteiger charge is -2.12. The number of ketones is 1. The number of hydrogen-bond donors (Lipinski definition) is 0. The topological polar surface area (TPSA) is 71.1 Å². The van der Waals surface area contributed by atoms with Crippen molar-refractivity contribution in [3.8, 4) is 5.75 Å². The molecule has 0 amide bonds. The molecule has 0 atom stereocenters. The van der Waals surface area contributed by atoms with Crippen molar-refractivity contribution in [1.29, 1.82) is 0 Å². The summed E-state index contributed by atoms with van der Waals surface area (Å²) in [7, 11) is -0.855.